The Morgan fingerprint density at radius 3 is 2.52 bits per heavy atom. The van der Waals surface area contributed by atoms with E-state index in [0.717, 1.165) is 11.1 Å². The van der Waals surface area contributed by atoms with Gasteiger partial charge in [-0.2, -0.15) is 5.26 Å². The highest BCUT2D eigenvalue weighted by molar-refractivity contribution is 9.10. The molecule has 0 bridgehead atoms. The Hall–Kier alpha value is -2.78. The van der Waals surface area contributed by atoms with E-state index in [1.165, 1.54) is 19.3 Å². The summed E-state index contributed by atoms with van der Waals surface area (Å²) in [6.45, 7) is 3.77. The molecule has 0 saturated carbocycles. The summed E-state index contributed by atoms with van der Waals surface area (Å²) in [5.41, 5.74) is 2.92. The van der Waals surface area contributed by atoms with Gasteiger partial charge in [0.2, 0.25) is 0 Å². The number of aromatic hydroxyl groups is 1. The van der Waals surface area contributed by atoms with E-state index < -0.39 is 5.91 Å². The Kier molecular flexibility index (Phi) is 5.84. The lowest BCUT2D eigenvalue weighted by molar-refractivity contribution is -0.112. The monoisotopic (exact) mass is 400 g/mol. The summed E-state index contributed by atoms with van der Waals surface area (Å²) >= 11 is 3.34. The molecule has 2 aromatic rings. The van der Waals surface area contributed by atoms with E-state index in [2.05, 4.69) is 21.2 Å². The van der Waals surface area contributed by atoms with Crippen molar-refractivity contribution in [3.63, 3.8) is 0 Å². The van der Waals surface area contributed by atoms with Crippen LogP contribution in [0.5, 0.6) is 11.5 Å². The van der Waals surface area contributed by atoms with Crippen LogP contribution in [-0.4, -0.2) is 18.1 Å². The SMILES string of the molecule is COc1cc(Br)c(/C=C(\C#N)C(=O)Nc2c(C)cccc2C)cc1O. The molecule has 0 radical (unpaired) electrons. The van der Waals surface area contributed by atoms with Crippen molar-refractivity contribution in [1.29, 1.82) is 5.26 Å². The van der Waals surface area contributed by atoms with Gasteiger partial charge in [-0.25, -0.2) is 0 Å². The standard InChI is InChI=1S/C19H17BrN2O3/c1-11-5-4-6-12(2)18(11)22-19(24)14(10-21)7-13-8-16(23)17(25-3)9-15(13)20/h4-9,23H,1-3H3,(H,22,24)/b14-7+. The largest absolute Gasteiger partial charge is 0.504 e. The maximum absolute atomic E-state index is 12.5. The van der Waals surface area contributed by atoms with Crippen molar-refractivity contribution in [1.82, 2.24) is 0 Å². The zero-order chi connectivity index (χ0) is 18.6. The molecule has 0 aromatic heterocycles. The lowest BCUT2D eigenvalue weighted by Gasteiger charge is -2.11. The average molecular weight is 401 g/mol. The van der Waals surface area contributed by atoms with Crippen molar-refractivity contribution in [3.8, 4) is 17.6 Å². The molecule has 5 nitrogen and oxygen atoms in total. The van der Waals surface area contributed by atoms with E-state index in [-0.39, 0.29) is 11.3 Å². The van der Waals surface area contributed by atoms with Gasteiger partial charge in [-0.3, -0.25) is 4.79 Å². The predicted molar refractivity (Wildman–Crippen MR) is 100 cm³/mol. The first kappa shape index (κ1) is 18.6. The molecular formula is C19H17BrN2O3. The molecule has 0 aliphatic carbocycles. The number of aryl methyl sites for hydroxylation is 2. The smallest absolute Gasteiger partial charge is 0.266 e. The van der Waals surface area contributed by atoms with Gasteiger partial charge in [0.05, 0.1) is 7.11 Å². The molecule has 0 aliphatic rings. The summed E-state index contributed by atoms with van der Waals surface area (Å²) in [4.78, 5) is 12.5. The number of methoxy groups -OCH3 is 1. The van der Waals surface area contributed by atoms with E-state index in [4.69, 9.17) is 4.74 Å². The van der Waals surface area contributed by atoms with Crippen molar-refractivity contribution in [3.05, 3.63) is 57.1 Å². The second-order valence-electron chi connectivity index (χ2n) is 5.44. The highest BCUT2D eigenvalue weighted by atomic mass is 79.9. The molecule has 0 saturated heterocycles. The Bertz CT molecular complexity index is 878. The fraction of sp³-hybridized carbons (Fsp3) is 0.158. The maximum atomic E-state index is 12.5. The predicted octanol–water partition coefficient (Wildman–Crippen LogP) is 4.33. The third-order valence-electron chi connectivity index (χ3n) is 3.68. The number of phenols is 1. The van der Waals surface area contributed by atoms with Gasteiger partial charge in [-0.15, -0.1) is 0 Å². The third kappa shape index (κ3) is 4.20. The van der Waals surface area contributed by atoms with Crippen molar-refractivity contribution < 1.29 is 14.6 Å². The molecule has 0 spiro atoms. The number of nitrogens with zero attached hydrogens (tertiary/aromatic N) is 1. The highest BCUT2D eigenvalue weighted by Gasteiger charge is 2.14. The van der Waals surface area contributed by atoms with Gasteiger partial charge in [0, 0.05) is 10.2 Å². The lowest BCUT2D eigenvalue weighted by Crippen LogP contribution is -2.15. The molecule has 0 atom stereocenters. The summed E-state index contributed by atoms with van der Waals surface area (Å²) in [5.74, 6) is -0.297. The minimum Gasteiger partial charge on any atom is -0.504 e. The first-order chi connectivity index (χ1) is 11.9. The number of carbonyl (C=O) groups is 1. The molecule has 2 aromatic carbocycles. The first-order valence-corrected chi connectivity index (χ1v) is 8.22. The Labute approximate surface area is 154 Å². The van der Waals surface area contributed by atoms with E-state index >= 15 is 0 Å². The molecule has 0 fully saturated rings. The fourth-order valence-corrected chi connectivity index (χ4v) is 2.77. The van der Waals surface area contributed by atoms with Crippen LogP contribution in [0.25, 0.3) is 6.08 Å². The van der Waals surface area contributed by atoms with Crippen LogP contribution in [0.1, 0.15) is 16.7 Å². The Balaban J connectivity index is 2.37. The van der Waals surface area contributed by atoms with Crippen LogP contribution >= 0.6 is 15.9 Å². The molecule has 6 heteroatoms. The molecule has 1 amide bonds. The molecule has 2 rings (SSSR count). The van der Waals surface area contributed by atoms with E-state index in [1.54, 1.807) is 6.07 Å². The molecule has 0 aliphatic heterocycles. The average Bonchev–Trinajstić information content (AvgIpc) is 2.58. The summed E-state index contributed by atoms with van der Waals surface area (Å²) in [6, 6.07) is 10.6. The molecular weight excluding hydrogens is 384 g/mol. The van der Waals surface area contributed by atoms with Crippen LogP contribution < -0.4 is 10.1 Å². The van der Waals surface area contributed by atoms with Crippen LogP contribution in [0.4, 0.5) is 5.69 Å². The Morgan fingerprint density at radius 1 is 1.32 bits per heavy atom. The summed E-state index contributed by atoms with van der Waals surface area (Å²) < 4.78 is 5.61. The van der Waals surface area contributed by atoms with Gasteiger partial charge in [0.25, 0.3) is 5.91 Å². The molecule has 128 valence electrons. The number of anilines is 1. The number of hydrogen-bond acceptors (Lipinski definition) is 4. The zero-order valence-electron chi connectivity index (χ0n) is 14.1. The van der Waals surface area contributed by atoms with Crippen LogP contribution in [0, 0.1) is 25.2 Å². The molecule has 0 heterocycles. The van der Waals surface area contributed by atoms with Gasteiger partial charge in [-0.1, -0.05) is 34.1 Å². The number of carbonyl (C=O) groups excluding carboxylic acids is 1. The van der Waals surface area contributed by atoms with E-state index in [1.807, 2.05) is 38.1 Å². The van der Waals surface area contributed by atoms with Crippen LogP contribution in [-0.2, 0) is 4.79 Å². The number of amides is 1. The van der Waals surface area contributed by atoms with Crippen LogP contribution in [0.3, 0.4) is 0 Å². The summed E-state index contributed by atoms with van der Waals surface area (Å²) in [5, 5.41) is 22.0. The van der Waals surface area contributed by atoms with Gasteiger partial charge >= 0.3 is 0 Å². The minimum atomic E-state index is -0.512. The molecule has 2 N–H and O–H groups in total. The first-order valence-electron chi connectivity index (χ1n) is 7.43. The number of rotatable bonds is 4. The number of ether oxygens (including phenoxy) is 1. The normalized spacial score (nSPS) is 10.9. The van der Waals surface area contributed by atoms with Gasteiger partial charge in [0.15, 0.2) is 11.5 Å². The quantitative estimate of drug-likeness (QED) is 0.590. The van der Waals surface area contributed by atoms with Crippen molar-refractivity contribution >= 4 is 33.6 Å². The third-order valence-corrected chi connectivity index (χ3v) is 4.37. The van der Waals surface area contributed by atoms with Gasteiger partial charge in [0.1, 0.15) is 11.6 Å². The Morgan fingerprint density at radius 2 is 1.96 bits per heavy atom. The second-order valence-corrected chi connectivity index (χ2v) is 6.29. The molecule has 0 unspecified atom stereocenters. The van der Waals surface area contributed by atoms with Crippen molar-refractivity contribution in [2.75, 3.05) is 12.4 Å². The zero-order valence-corrected chi connectivity index (χ0v) is 15.6. The van der Waals surface area contributed by atoms with E-state index in [0.29, 0.717) is 21.5 Å². The number of phenolic OH excluding ortho intramolecular Hbond substituents is 1. The van der Waals surface area contributed by atoms with Crippen molar-refractivity contribution in [2.24, 2.45) is 0 Å². The summed E-state index contributed by atoms with van der Waals surface area (Å²) in [7, 11) is 1.44. The number of hydrogen-bond donors (Lipinski definition) is 2. The second kappa shape index (κ2) is 7.86. The summed E-state index contributed by atoms with van der Waals surface area (Å²) in [6.07, 6.45) is 1.41. The number of benzene rings is 2. The van der Waals surface area contributed by atoms with Gasteiger partial charge in [-0.05, 0) is 48.7 Å². The van der Waals surface area contributed by atoms with Crippen LogP contribution in [0.2, 0.25) is 0 Å². The lowest BCUT2D eigenvalue weighted by atomic mass is 10.1. The number of nitriles is 1. The maximum Gasteiger partial charge on any atom is 0.266 e. The minimum absolute atomic E-state index is 0.0760. The number of halogens is 1. The van der Waals surface area contributed by atoms with Crippen molar-refractivity contribution in [2.45, 2.75) is 13.8 Å². The molecule has 25 heavy (non-hydrogen) atoms. The number of para-hydroxylation sites is 1. The van der Waals surface area contributed by atoms with Gasteiger partial charge < -0.3 is 15.2 Å². The highest BCUT2D eigenvalue weighted by Crippen LogP contribution is 2.33. The topological polar surface area (TPSA) is 82.3 Å². The van der Waals surface area contributed by atoms with Crippen LogP contribution in [0.15, 0.2) is 40.4 Å². The van der Waals surface area contributed by atoms with E-state index in [9.17, 15) is 15.2 Å². The number of nitrogens with one attached hydrogen (secondary N) is 1. The fourth-order valence-electron chi connectivity index (χ4n) is 2.33.